The Hall–Kier alpha value is -1.84. The number of rotatable bonds is 6. The number of nitrogens with zero attached hydrogens (tertiary/aromatic N) is 1. The van der Waals surface area contributed by atoms with Crippen LogP contribution in [0.4, 0.5) is 5.00 Å². The van der Waals surface area contributed by atoms with E-state index in [-0.39, 0.29) is 5.91 Å². The predicted molar refractivity (Wildman–Crippen MR) is 125 cm³/mol. The summed E-state index contributed by atoms with van der Waals surface area (Å²) in [6.45, 7) is 5.82. The molecule has 1 aromatic heterocycles. The Morgan fingerprint density at radius 2 is 2.00 bits per heavy atom. The molecule has 3 rings (SSSR count). The van der Waals surface area contributed by atoms with Gasteiger partial charge in [-0.05, 0) is 38.0 Å². The van der Waals surface area contributed by atoms with Crippen LogP contribution in [0.1, 0.15) is 36.0 Å². The van der Waals surface area contributed by atoms with Gasteiger partial charge in [-0.2, -0.15) is 0 Å². The third-order valence-corrected chi connectivity index (χ3v) is 8.21. The van der Waals surface area contributed by atoms with Gasteiger partial charge in [-0.15, -0.1) is 23.1 Å². The lowest BCUT2D eigenvalue weighted by Gasteiger charge is -2.30. The van der Waals surface area contributed by atoms with Gasteiger partial charge < -0.3 is 15.0 Å². The van der Waals surface area contributed by atoms with E-state index in [1.54, 1.807) is 11.8 Å². The fourth-order valence-corrected chi connectivity index (χ4v) is 6.06. The Bertz CT molecular complexity index is 972. The lowest BCUT2D eigenvalue weighted by molar-refractivity contribution is -0.130. The maximum atomic E-state index is 13.0. The normalized spacial score (nSPS) is 17.6. The Balaban J connectivity index is 2.03. The summed E-state index contributed by atoms with van der Waals surface area (Å²) >= 11 is 6.34. The number of hydrogen-bond acceptors (Lipinski definition) is 6. The molecule has 0 bridgehead atoms. The van der Waals surface area contributed by atoms with Crippen LogP contribution in [0.5, 0.6) is 0 Å². The second-order valence-corrected chi connectivity index (χ2v) is 10.9. The quantitative estimate of drug-likeness (QED) is 0.447. The molecular weight excluding hydrogens is 488 g/mol. The monoisotopic (exact) mass is 510 g/mol. The largest absolute Gasteiger partial charge is 0.465 e. The number of ether oxygens (including phenoxy) is 1. The van der Waals surface area contributed by atoms with Gasteiger partial charge in [0, 0.05) is 20.7 Å². The van der Waals surface area contributed by atoms with E-state index in [9.17, 15) is 14.4 Å². The molecule has 0 spiro atoms. The van der Waals surface area contributed by atoms with Crippen molar-refractivity contribution in [3.63, 3.8) is 0 Å². The smallest absolute Gasteiger partial charge is 0.341 e. The Kier molecular flexibility index (Phi) is 6.94. The van der Waals surface area contributed by atoms with E-state index in [1.807, 2.05) is 45.0 Å². The number of halogens is 1. The second kappa shape index (κ2) is 9.11. The van der Waals surface area contributed by atoms with Gasteiger partial charge in [-0.25, -0.2) is 4.79 Å². The summed E-state index contributed by atoms with van der Waals surface area (Å²) in [6, 6.07) is 7.06. The first-order valence-electron chi connectivity index (χ1n) is 9.42. The van der Waals surface area contributed by atoms with Crippen LogP contribution >= 0.6 is 39.0 Å². The average molecular weight is 511 g/mol. The zero-order valence-electron chi connectivity index (χ0n) is 17.2. The van der Waals surface area contributed by atoms with Crippen LogP contribution in [-0.2, 0) is 20.7 Å². The number of esters is 1. The standard InChI is InChI=1S/C21H23BrN2O4S2/c1-5-15-16(12-6-8-13(22)9-7-12)17(20(27)28-4)19(30-15)23-18(26)14-10-29-21(2,3)24(14)11-25/h6-9,11,14H,5,10H2,1-4H3,(H,23,26). The molecule has 30 heavy (non-hydrogen) atoms. The number of hydrogen-bond donors (Lipinski definition) is 1. The molecule has 0 radical (unpaired) electrons. The number of anilines is 1. The number of carbonyl (C=O) groups is 3. The van der Waals surface area contributed by atoms with Crippen molar-refractivity contribution in [2.75, 3.05) is 18.2 Å². The van der Waals surface area contributed by atoms with Crippen LogP contribution in [0, 0.1) is 0 Å². The zero-order chi connectivity index (χ0) is 22.1. The third kappa shape index (κ3) is 4.29. The lowest BCUT2D eigenvalue weighted by atomic mass is 10.00. The Labute approximate surface area is 192 Å². The van der Waals surface area contributed by atoms with Crippen LogP contribution < -0.4 is 5.32 Å². The number of benzene rings is 1. The fraction of sp³-hybridized carbons (Fsp3) is 0.381. The fourth-order valence-electron chi connectivity index (χ4n) is 3.44. The SMILES string of the molecule is CCc1sc(NC(=O)C2CSC(C)(C)N2C=O)c(C(=O)OC)c1-c1ccc(Br)cc1. The molecule has 0 aliphatic carbocycles. The molecule has 2 aromatic rings. The van der Waals surface area contributed by atoms with E-state index < -0.39 is 16.9 Å². The van der Waals surface area contributed by atoms with Gasteiger partial charge >= 0.3 is 5.97 Å². The minimum Gasteiger partial charge on any atom is -0.465 e. The summed E-state index contributed by atoms with van der Waals surface area (Å²) < 4.78 is 5.97. The molecule has 9 heteroatoms. The predicted octanol–water partition coefficient (Wildman–Crippen LogP) is 4.78. The molecule has 1 fully saturated rings. The van der Waals surface area contributed by atoms with Gasteiger partial charge in [0.2, 0.25) is 12.3 Å². The van der Waals surface area contributed by atoms with E-state index in [2.05, 4.69) is 21.2 Å². The second-order valence-electron chi connectivity index (χ2n) is 7.23. The molecule has 2 heterocycles. The van der Waals surface area contributed by atoms with Crippen molar-refractivity contribution in [2.45, 2.75) is 38.1 Å². The molecular formula is C21H23BrN2O4S2. The summed E-state index contributed by atoms with van der Waals surface area (Å²) in [6.07, 6.45) is 1.41. The minimum atomic E-state index is -0.601. The first kappa shape index (κ1) is 22.8. The zero-order valence-corrected chi connectivity index (χ0v) is 20.4. The average Bonchev–Trinajstić information content (AvgIpc) is 3.24. The van der Waals surface area contributed by atoms with Crippen molar-refractivity contribution in [1.82, 2.24) is 4.90 Å². The molecule has 0 saturated carbocycles. The van der Waals surface area contributed by atoms with E-state index in [4.69, 9.17) is 4.74 Å². The summed E-state index contributed by atoms with van der Waals surface area (Å²) in [5.74, 6) is -0.319. The summed E-state index contributed by atoms with van der Waals surface area (Å²) in [4.78, 5) is 39.4. The number of thioether (sulfide) groups is 1. The van der Waals surface area contributed by atoms with Crippen molar-refractivity contribution < 1.29 is 19.1 Å². The highest BCUT2D eigenvalue weighted by atomic mass is 79.9. The number of thiophene rings is 1. The van der Waals surface area contributed by atoms with Gasteiger partial charge in [0.05, 0.1) is 12.0 Å². The molecule has 1 N–H and O–H groups in total. The Morgan fingerprint density at radius 1 is 1.33 bits per heavy atom. The van der Waals surface area contributed by atoms with Crippen LogP contribution in [0.3, 0.4) is 0 Å². The van der Waals surface area contributed by atoms with Gasteiger partial charge in [0.25, 0.3) is 0 Å². The van der Waals surface area contributed by atoms with E-state index in [0.29, 0.717) is 29.1 Å². The van der Waals surface area contributed by atoms with Crippen molar-refractivity contribution >= 4 is 62.3 Å². The molecule has 1 saturated heterocycles. The minimum absolute atomic E-state index is 0.309. The highest BCUT2D eigenvalue weighted by Crippen LogP contribution is 2.43. The highest BCUT2D eigenvalue weighted by Gasteiger charge is 2.43. The molecule has 2 amide bonds. The summed E-state index contributed by atoms with van der Waals surface area (Å²) in [5, 5.41) is 3.35. The van der Waals surface area contributed by atoms with Crippen LogP contribution in [0.2, 0.25) is 0 Å². The number of amides is 2. The summed E-state index contributed by atoms with van der Waals surface area (Å²) in [5.41, 5.74) is 1.99. The number of aryl methyl sites for hydroxylation is 1. The van der Waals surface area contributed by atoms with Crippen LogP contribution in [0.15, 0.2) is 28.7 Å². The molecule has 6 nitrogen and oxygen atoms in total. The molecule has 1 aromatic carbocycles. The van der Waals surface area contributed by atoms with Crippen molar-refractivity contribution in [1.29, 1.82) is 0 Å². The Morgan fingerprint density at radius 3 is 2.57 bits per heavy atom. The van der Waals surface area contributed by atoms with E-state index in [0.717, 1.165) is 20.5 Å². The third-order valence-electron chi connectivity index (χ3n) is 5.03. The van der Waals surface area contributed by atoms with Gasteiger partial charge in [-0.1, -0.05) is 35.0 Å². The topological polar surface area (TPSA) is 75.7 Å². The van der Waals surface area contributed by atoms with Gasteiger partial charge in [0.1, 0.15) is 16.6 Å². The van der Waals surface area contributed by atoms with E-state index >= 15 is 0 Å². The number of carbonyl (C=O) groups excluding carboxylic acids is 3. The highest BCUT2D eigenvalue weighted by molar-refractivity contribution is 9.10. The number of methoxy groups -OCH3 is 1. The van der Waals surface area contributed by atoms with E-state index in [1.165, 1.54) is 23.3 Å². The van der Waals surface area contributed by atoms with Crippen molar-refractivity contribution in [3.05, 3.63) is 39.2 Å². The van der Waals surface area contributed by atoms with Crippen molar-refractivity contribution in [2.24, 2.45) is 0 Å². The summed E-state index contributed by atoms with van der Waals surface area (Å²) in [7, 11) is 1.33. The maximum absolute atomic E-state index is 13.0. The lowest BCUT2D eigenvalue weighted by Crippen LogP contribution is -2.47. The van der Waals surface area contributed by atoms with Crippen LogP contribution in [-0.4, -0.2) is 47.0 Å². The maximum Gasteiger partial charge on any atom is 0.341 e. The molecule has 1 atom stereocenters. The molecule has 1 unspecified atom stereocenters. The van der Waals surface area contributed by atoms with Gasteiger partial charge in [-0.3, -0.25) is 9.59 Å². The van der Waals surface area contributed by atoms with Gasteiger partial charge in [0.15, 0.2) is 0 Å². The van der Waals surface area contributed by atoms with Crippen LogP contribution in [0.25, 0.3) is 11.1 Å². The number of nitrogens with one attached hydrogen (secondary N) is 1. The molecule has 1 aliphatic rings. The first-order valence-corrected chi connectivity index (χ1v) is 12.0. The first-order chi connectivity index (χ1) is 14.2. The molecule has 1 aliphatic heterocycles. The van der Waals surface area contributed by atoms with Crippen molar-refractivity contribution in [3.8, 4) is 11.1 Å². The molecule has 160 valence electrons.